The highest BCUT2D eigenvalue weighted by Gasteiger charge is 2.31. The quantitative estimate of drug-likeness (QED) is 0.889. The number of anilines is 1. The van der Waals surface area contributed by atoms with Crippen molar-refractivity contribution in [2.45, 2.75) is 38.6 Å². The van der Waals surface area contributed by atoms with Gasteiger partial charge < -0.3 is 10.6 Å². The van der Waals surface area contributed by atoms with Gasteiger partial charge in [-0.05, 0) is 37.0 Å². The Morgan fingerprint density at radius 2 is 2.00 bits per heavy atom. The molecule has 0 radical (unpaired) electrons. The van der Waals surface area contributed by atoms with Gasteiger partial charge in [-0.3, -0.25) is 9.59 Å². The second-order valence-corrected chi connectivity index (χ2v) is 5.22. The van der Waals surface area contributed by atoms with Crippen molar-refractivity contribution in [1.29, 1.82) is 0 Å². The Morgan fingerprint density at radius 1 is 1.30 bits per heavy atom. The van der Waals surface area contributed by atoms with Crippen LogP contribution in [0.2, 0.25) is 0 Å². The van der Waals surface area contributed by atoms with Gasteiger partial charge in [0, 0.05) is 12.6 Å². The monoisotopic (exact) mass is 278 g/mol. The predicted molar refractivity (Wildman–Crippen MR) is 74.6 cm³/mol. The van der Waals surface area contributed by atoms with E-state index in [9.17, 15) is 14.0 Å². The van der Waals surface area contributed by atoms with Crippen LogP contribution in [0.4, 0.5) is 10.1 Å². The summed E-state index contributed by atoms with van der Waals surface area (Å²) in [5.74, 6) is -0.749. The Kier molecular flexibility index (Phi) is 4.71. The molecule has 0 aliphatic heterocycles. The average molecular weight is 278 g/mol. The molecule has 0 spiro atoms. The summed E-state index contributed by atoms with van der Waals surface area (Å²) in [6.07, 6.45) is 4.02. The van der Waals surface area contributed by atoms with Crippen molar-refractivity contribution in [3.8, 4) is 0 Å². The Labute approximate surface area is 117 Å². The first-order chi connectivity index (χ1) is 9.56. The van der Waals surface area contributed by atoms with Crippen molar-refractivity contribution in [3.05, 3.63) is 30.1 Å². The van der Waals surface area contributed by atoms with Crippen molar-refractivity contribution in [2.24, 2.45) is 5.92 Å². The van der Waals surface area contributed by atoms with Crippen LogP contribution in [-0.2, 0) is 9.59 Å². The van der Waals surface area contributed by atoms with E-state index in [1.165, 1.54) is 25.1 Å². The second kappa shape index (κ2) is 6.50. The number of carbonyl (C=O) groups is 2. The van der Waals surface area contributed by atoms with Gasteiger partial charge in [0.15, 0.2) is 0 Å². The second-order valence-electron chi connectivity index (χ2n) is 5.22. The maximum Gasteiger partial charge on any atom is 0.247 e. The highest BCUT2D eigenvalue weighted by atomic mass is 19.1. The zero-order chi connectivity index (χ0) is 14.5. The number of hydrogen-bond donors (Lipinski definition) is 2. The van der Waals surface area contributed by atoms with Crippen LogP contribution in [0.3, 0.4) is 0 Å². The van der Waals surface area contributed by atoms with Crippen molar-refractivity contribution in [1.82, 2.24) is 5.32 Å². The minimum atomic E-state index is -0.543. The van der Waals surface area contributed by atoms with Gasteiger partial charge >= 0.3 is 0 Å². The molecule has 2 rings (SSSR count). The topological polar surface area (TPSA) is 58.2 Å². The van der Waals surface area contributed by atoms with Crippen LogP contribution in [0.15, 0.2) is 24.3 Å². The van der Waals surface area contributed by atoms with Crippen LogP contribution in [-0.4, -0.2) is 17.9 Å². The van der Waals surface area contributed by atoms with Crippen LogP contribution in [0.1, 0.15) is 32.6 Å². The van der Waals surface area contributed by atoms with Crippen molar-refractivity contribution >= 4 is 17.5 Å². The first kappa shape index (κ1) is 14.5. The molecule has 0 aromatic heterocycles. The van der Waals surface area contributed by atoms with E-state index in [4.69, 9.17) is 0 Å². The Morgan fingerprint density at radius 3 is 2.60 bits per heavy atom. The van der Waals surface area contributed by atoms with E-state index in [1.807, 2.05) is 0 Å². The van der Waals surface area contributed by atoms with E-state index >= 15 is 0 Å². The van der Waals surface area contributed by atoms with Gasteiger partial charge in [0.25, 0.3) is 0 Å². The average Bonchev–Trinajstić information content (AvgIpc) is 2.89. The highest BCUT2D eigenvalue weighted by Crippen LogP contribution is 2.28. The highest BCUT2D eigenvalue weighted by molar-refractivity contribution is 5.97. The maximum atomic E-state index is 13.1. The van der Waals surface area contributed by atoms with Crippen molar-refractivity contribution in [3.63, 3.8) is 0 Å². The molecule has 1 aliphatic carbocycles. The third kappa shape index (κ3) is 3.79. The molecule has 1 aliphatic rings. The SMILES string of the molecule is CC(=O)NC(C(=O)Nc1cccc(F)c1)C1CCCC1. The number of hydrogen-bond acceptors (Lipinski definition) is 2. The van der Waals surface area contributed by atoms with Gasteiger partial charge in [-0.15, -0.1) is 0 Å². The van der Waals surface area contributed by atoms with E-state index in [-0.39, 0.29) is 17.7 Å². The first-order valence-electron chi connectivity index (χ1n) is 6.90. The fraction of sp³-hybridized carbons (Fsp3) is 0.467. The molecular weight excluding hydrogens is 259 g/mol. The van der Waals surface area contributed by atoms with Gasteiger partial charge in [-0.1, -0.05) is 18.9 Å². The number of benzene rings is 1. The van der Waals surface area contributed by atoms with Crippen molar-refractivity contribution in [2.75, 3.05) is 5.32 Å². The molecule has 108 valence electrons. The summed E-state index contributed by atoms with van der Waals surface area (Å²) in [7, 11) is 0. The Balaban J connectivity index is 2.07. The summed E-state index contributed by atoms with van der Waals surface area (Å²) < 4.78 is 13.1. The van der Waals surface area contributed by atoms with Crippen molar-refractivity contribution < 1.29 is 14.0 Å². The summed E-state index contributed by atoms with van der Waals surface area (Å²) in [6.45, 7) is 1.40. The van der Waals surface area contributed by atoms with E-state index in [1.54, 1.807) is 6.07 Å². The minimum absolute atomic E-state index is 0.160. The minimum Gasteiger partial charge on any atom is -0.344 e. The van der Waals surface area contributed by atoms with Gasteiger partial charge in [0.1, 0.15) is 11.9 Å². The van der Waals surface area contributed by atoms with Gasteiger partial charge in [-0.2, -0.15) is 0 Å². The third-order valence-electron chi connectivity index (χ3n) is 3.60. The summed E-state index contributed by atoms with van der Waals surface area (Å²) in [5, 5.41) is 5.38. The molecule has 1 saturated carbocycles. The summed E-state index contributed by atoms with van der Waals surface area (Å²) in [6, 6.07) is 5.20. The number of carbonyl (C=O) groups excluding carboxylic acids is 2. The van der Waals surface area contributed by atoms with Gasteiger partial charge in [0.05, 0.1) is 0 Å². The molecule has 0 heterocycles. The summed E-state index contributed by atoms with van der Waals surface area (Å²) in [5.41, 5.74) is 0.406. The van der Waals surface area contributed by atoms with Crippen LogP contribution in [0.5, 0.6) is 0 Å². The lowest BCUT2D eigenvalue weighted by Crippen LogP contribution is -2.47. The molecule has 1 atom stereocenters. The lowest BCUT2D eigenvalue weighted by atomic mass is 9.97. The van der Waals surface area contributed by atoms with Gasteiger partial charge in [0.2, 0.25) is 11.8 Å². The number of rotatable bonds is 4. The molecule has 1 aromatic carbocycles. The van der Waals surface area contributed by atoms with E-state index in [0.29, 0.717) is 5.69 Å². The molecule has 5 heteroatoms. The number of amides is 2. The number of halogens is 1. The molecule has 2 N–H and O–H groups in total. The summed E-state index contributed by atoms with van der Waals surface area (Å²) in [4.78, 5) is 23.6. The van der Waals surface area contributed by atoms with E-state index in [2.05, 4.69) is 10.6 Å². The molecule has 20 heavy (non-hydrogen) atoms. The van der Waals surface area contributed by atoms with Crippen LogP contribution >= 0.6 is 0 Å². The fourth-order valence-corrected chi connectivity index (χ4v) is 2.69. The molecule has 1 unspecified atom stereocenters. The standard InChI is InChI=1S/C15H19FN2O2/c1-10(19)17-14(11-5-2-3-6-11)15(20)18-13-8-4-7-12(16)9-13/h4,7-9,11,14H,2-3,5-6H2,1H3,(H,17,19)(H,18,20). The van der Waals surface area contributed by atoms with Crippen LogP contribution in [0.25, 0.3) is 0 Å². The Bertz CT molecular complexity index is 498. The van der Waals surface area contributed by atoms with E-state index < -0.39 is 11.9 Å². The van der Waals surface area contributed by atoms with Gasteiger partial charge in [-0.25, -0.2) is 4.39 Å². The molecule has 1 fully saturated rings. The number of nitrogens with one attached hydrogen (secondary N) is 2. The predicted octanol–water partition coefficient (Wildman–Crippen LogP) is 2.46. The normalized spacial score (nSPS) is 16.7. The lowest BCUT2D eigenvalue weighted by Gasteiger charge is -2.23. The zero-order valence-electron chi connectivity index (χ0n) is 11.5. The smallest absolute Gasteiger partial charge is 0.247 e. The molecule has 0 bridgehead atoms. The molecular formula is C15H19FN2O2. The maximum absolute atomic E-state index is 13.1. The molecule has 1 aromatic rings. The van der Waals surface area contributed by atoms with Crippen LogP contribution < -0.4 is 10.6 Å². The lowest BCUT2D eigenvalue weighted by molar-refractivity contribution is -0.126. The first-order valence-corrected chi connectivity index (χ1v) is 6.90. The molecule has 4 nitrogen and oxygen atoms in total. The molecule has 2 amide bonds. The van der Waals surface area contributed by atoms with Crippen LogP contribution in [0, 0.1) is 11.7 Å². The molecule has 0 saturated heterocycles. The zero-order valence-corrected chi connectivity index (χ0v) is 11.5. The summed E-state index contributed by atoms with van der Waals surface area (Å²) >= 11 is 0. The fourth-order valence-electron chi connectivity index (χ4n) is 2.69. The largest absolute Gasteiger partial charge is 0.344 e. The Hall–Kier alpha value is -1.91. The third-order valence-corrected chi connectivity index (χ3v) is 3.60. The van der Waals surface area contributed by atoms with E-state index in [0.717, 1.165) is 25.7 Å².